The Morgan fingerprint density at radius 1 is 1.75 bits per heavy atom. The largest absolute Gasteiger partial charge is 0.390 e. The normalized spacial score (nSPS) is 17.6. The summed E-state index contributed by atoms with van der Waals surface area (Å²) in [6.45, 7) is 4.48. The molecule has 0 spiro atoms. The van der Waals surface area contributed by atoms with Gasteiger partial charge < -0.3 is 22.1 Å². The minimum absolute atomic E-state index is 0.0787. The van der Waals surface area contributed by atoms with E-state index in [4.69, 9.17) is 16.9 Å². The fraction of sp³-hybridized carbons (Fsp3) is 0.600. The molecule has 1 aliphatic rings. The summed E-state index contributed by atoms with van der Waals surface area (Å²) < 4.78 is 0. The molecular weight excluding hydrogens is 204 g/mol. The van der Waals surface area contributed by atoms with Crippen molar-refractivity contribution in [1.29, 1.82) is 5.41 Å². The molecule has 1 atom stereocenters. The molecule has 0 aromatic heterocycles. The Morgan fingerprint density at radius 2 is 2.44 bits per heavy atom. The van der Waals surface area contributed by atoms with Gasteiger partial charge in [-0.3, -0.25) is 5.41 Å². The third-order valence-corrected chi connectivity index (χ3v) is 2.22. The van der Waals surface area contributed by atoms with Crippen LogP contribution < -0.4 is 22.1 Å². The number of nitrogens with two attached hydrogens (primary N) is 2. The van der Waals surface area contributed by atoms with Crippen molar-refractivity contribution in [2.75, 3.05) is 20.1 Å². The zero-order valence-corrected chi connectivity index (χ0v) is 9.96. The van der Waals surface area contributed by atoms with E-state index in [9.17, 15) is 0 Å². The van der Waals surface area contributed by atoms with Gasteiger partial charge in [0.1, 0.15) is 6.34 Å². The Kier molecular flexibility index (Phi) is 7.87. The van der Waals surface area contributed by atoms with Crippen molar-refractivity contribution in [2.45, 2.75) is 13.3 Å². The van der Waals surface area contributed by atoms with Crippen molar-refractivity contribution in [3.8, 4) is 0 Å². The predicted molar refractivity (Wildman–Crippen MR) is 68.4 cm³/mol. The fourth-order valence-electron chi connectivity index (χ4n) is 1.30. The molecule has 0 aromatic rings. The number of nitrogens with one attached hydrogen (secondary N) is 3. The smallest absolute Gasteiger partial charge is 0.192 e. The summed E-state index contributed by atoms with van der Waals surface area (Å²) in [6.07, 6.45) is 4.13. The van der Waals surface area contributed by atoms with Gasteiger partial charge in [0, 0.05) is 6.54 Å². The predicted octanol–water partition coefficient (Wildman–Crippen LogP) is -0.414. The van der Waals surface area contributed by atoms with Gasteiger partial charge in [0.05, 0.1) is 0 Å². The summed E-state index contributed by atoms with van der Waals surface area (Å²) in [5.74, 6) is 0.665. The van der Waals surface area contributed by atoms with E-state index in [0.717, 1.165) is 25.3 Å². The average Bonchev–Trinajstić information content (AvgIpc) is 2.62. The van der Waals surface area contributed by atoms with E-state index in [2.05, 4.69) is 28.7 Å². The standard InChI is InChI=1S/C8H16N2.C2H6N4/c1-7-5-10-6-8(7)3-4-9-2;3-1-6-2(4)5/h6-7,9-10H,3-5H2,1-2H3;1H,(H5,3,4,5,6). The van der Waals surface area contributed by atoms with Crippen LogP contribution in [0.1, 0.15) is 13.3 Å². The molecular formula is C10H22N6. The van der Waals surface area contributed by atoms with Gasteiger partial charge >= 0.3 is 0 Å². The molecule has 1 aliphatic heterocycles. The van der Waals surface area contributed by atoms with Crippen LogP contribution in [0.15, 0.2) is 16.8 Å². The fourth-order valence-corrected chi connectivity index (χ4v) is 1.30. The second-order valence-electron chi connectivity index (χ2n) is 3.57. The topological polar surface area (TPSA) is 112 Å². The molecule has 0 amide bonds. The average molecular weight is 226 g/mol. The van der Waals surface area contributed by atoms with Gasteiger partial charge in [0.25, 0.3) is 0 Å². The Balaban J connectivity index is 0.000000325. The van der Waals surface area contributed by atoms with Crippen LogP contribution in [-0.2, 0) is 0 Å². The lowest BCUT2D eigenvalue weighted by Gasteiger charge is -2.06. The van der Waals surface area contributed by atoms with E-state index in [1.807, 2.05) is 7.05 Å². The molecule has 1 unspecified atom stereocenters. The van der Waals surface area contributed by atoms with Crippen LogP contribution in [-0.4, -0.2) is 32.4 Å². The first-order valence-electron chi connectivity index (χ1n) is 5.26. The second kappa shape index (κ2) is 8.72. The number of hydrogen-bond donors (Lipinski definition) is 5. The Hall–Kier alpha value is -1.56. The SMILES string of the molecule is CNCCC1=CNCC1C.N=CN=C(N)N. The van der Waals surface area contributed by atoms with E-state index < -0.39 is 0 Å². The summed E-state index contributed by atoms with van der Waals surface area (Å²) in [7, 11) is 1.99. The van der Waals surface area contributed by atoms with Crippen LogP contribution >= 0.6 is 0 Å². The molecule has 0 saturated carbocycles. The number of aliphatic imine (C=N–C) groups is 1. The quantitative estimate of drug-likeness (QED) is 0.331. The van der Waals surface area contributed by atoms with Crippen molar-refractivity contribution in [2.24, 2.45) is 22.4 Å². The van der Waals surface area contributed by atoms with Crippen molar-refractivity contribution in [3.63, 3.8) is 0 Å². The van der Waals surface area contributed by atoms with Crippen molar-refractivity contribution in [1.82, 2.24) is 10.6 Å². The minimum atomic E-state index is -0.0787. The highest BCUT2D eigenvalue weighted by Crippen LogP contribution is 2.16. The molecule has 1 rings (SSSR count). The van der Waals surface area contributed by atoms with Crippen LogP contribution in [0.25, 0.3) is 0 Å². The maximum absolute atomic E-state index is 6.26. The highest BCUT2D eigenvalue weighted by Gasteiger charge is 2.12. The van der Waals surface area contributed by atoms with E-state index in [1.54, 1.807) is 5.57 Å². The lowest BCUT2D eigenvalue weighted by molar-refractivity contribution is 0.653. The highest BCUT2D eigenvalue weighted by molar-refractivity contribution is 5.83. The van der Waals surface area contributed by atoms with E-state index in [0.29, 0.717) is 0 Å². The molecule has 0 saturated heterocycles. The van der Waals surface area contributed by atoms with Crippen LogP contribution in [0.3, 0.4) is 0 Å². The summed E-state index contributed by atoms with van der Waals surface area (Å²) in [4.78, 5) is 3.14. The van der Waals surface area contributed by atoms with Gasteiger partial charge in [0.2, 0.25) is 0 Å². The molecule has 7 N–H and O–H groups in total. The van der Waals surface area contributed by atoms with Gasteiger partial charge in [-0.15, -0.1) is 0 Å². The zero-order valence-electron chi connectivity index (χ0n) is 9.96. The first-order chi connectivity index (χ1) is 7.61. The Bertz CT molecular complexity index is 254. The van der Waals surface area contributed by atoms with Crippen LogP contribution in [0.2, 0.25) is 0 Å². The summed E-state index contributed by atoms with van der Waals surface area (Å²) in [5, 5.41) is 12.6. The third kappa shape index (κ3) is 6.83. The van der Waals surface area contributed by atoms with Gasteiger partial charge in [-0.2, -0.15) is 0 Å². The van der Waals surface area contributed by atoms with E-state index in [1.165, 1.54) is 6.42 Å². The summed E-state index contributed by atoms with van der Waals surface area (Å²) in [6, 6.07) is 0. The molecule has 6 nitrogen and oxygen atoms in total. The number of rotatable bonds is 4. The van der Waals surface area contributed by atoms with Crippen LogP contribution in [0.5, 0.6) is 0 Å². The molecule has 0 bridgehead atoms. The van der Waals surface area contributed by atoms with Crippen molar-refractivity contribution < 1.29 is 0 Å². The maximum atomic E-state index is 6.26. The molecule has 0 fully saturated rings. The lowest BCUT2D eigenvalue weighted by Crippen LogP contribution is -2.22. The molecule has 92 valence electrons. The molecule has 0 radical (unpaired) electrons. The van der Waals surface area contributed by atoms with Crippen molar-refractivity contribution in [3.05, 3.63) is 11.8 Å². The van der Waals surface area contributed by atoms with Gasteiger partial charge in [0.15, 0.2) is 5.96 Å². The van der Waals surface area contributed by atoms with E-state index in [-0.39, 0.29) is 5.96 Å². The van der Waals surface area contributed by atoms with Gasteiger partial charge in [-0.25, -0.2) is 4.99 Å². The Morgan fingerprint density at radius 3 is 2.75 bits per heavy atom. The van der Waals surface area contributed by atoms with E-state index >= 15 is 0 Å². The molecule has 0 aliphatic carbocycles. The molecule has 1 heterocycles. The van der Waals surface area contributed by atoms with Gasteiger partial charge in [-0.05, 0) is 37.7 Å². The first-order valence-corrected chi connectivity index (χ1v) is 5.26. The highest BCUT2D eigenvalue weighted by atomic mass is 15.0. The van der Waals surface area contributed by atoms with Crippen molar-refractivity contribution >= 4 is 12.3 Å². The number of nitrogens with zero attached hydrogens (tertiary/aromatic N) is 1. The summed E-state index contributed by atoms with van der Waals surface area (Å²) in [5.41, 5.74) is 11.1. The maximum Gasteiger partial charge on any atom is 0.192 e. The monoisotopic (exact) mass is 226 g/mol. The van der Waals surface area contributed by atoms with Crippen LogP contribution in [0.4, 0.5) is 0 Å². The molecule has 16 heavy (non-hydrogen) atoms. The first kappa shape index (κ1) is 14.4. The number of hydrogen-bond acceptors (Lipinski definition) is 3. The number of guanidine groups is 1. The lowest BCUT2D eigenvalue weighted by atomic mass is 10.0. The minimum Gasteiger partial charge on any atom is -0.390 e. The summed E-state index contributed by atoms with van der Waals surface area (Å²) >= 11 is 0. The Labute approximate surface area is 96.7 Å². The molecule has 6 heteroatoms. The van der Waals surface area contributed by atoms with Gasteiger partial charge in [-0.1, -0.05) is 6.92 Å². The van der Waals surface area contributed by atoms with Crippen LogP contribution in [0, 0.1) is 11.3 Å². The second-order valence-corrected chi connectivity index (χ2v) is 3.57. The zero-order chi connectivity index (χ0) is 12.4. The molecule has 0 aromatic carbocycles. The third-order valence-electron chi connectivity index (χ3n) is 2.22.